The van der Waals surface area contributed by atoms with Crippen LogP contribution in [0.1, 0.15) is 12.7 Å². The minimum absolute atomic E-state index is 0.141. The number of anilines is 1. The number of halogens is 2. The second kappa shape index (κ2) is 6.70. The molecule has 5 nitrogen and oxygen atoms in total. The van der Waals surface area contributed by atoms with Crippen LogP contribution in [0.25, 0.3) is 0 Å². The van der Waals surface area contributed by atoms with Crippen LogP contribution in [-0.2, 0) is 16.6 Å². The third kappa shape index (κ3) is 3.91. The lowest BCUT2D eigenvalue weighted by Gasteiger charge is -2.08. The van der Waals surface area contributed by atoms with Gasteiger partial charge in [-0.05, 0) is 30.8 Å². The van der Waals surface area contributed by atoms with E-state index in [4.69, 9.17) is 27.6 Å². The van der Waals surface area contributed by atoms with Crippen LogP contribution in [0.3, 0.4) is 0 Å². The number of sulfonamides is 1. The Morgan fingerprint density at radius 3 is 2.67 bits per heavy atom. The zero-order valence-corrected chi connectivity index (χ0v) is 13.5. The van der Waals surface area contributed by atoms with Crippen LogP contribution in [0.4, 0.5) is 5.69 Å². The molecule has 0 radical (unpaired) electrons. The van der Waals surface area contributed by atoms with Gasteiger partial charge in [-0.2, -0.15) is 8.42 Å². The normalized spacial score (nSPS) is 11.6. The largest absolute Gasteiger partial charge is 0.446 e. The summed E-state index contributed by atoms with van der Waals surface area (Å²) in [5.41, 5.74) is 0.203. The van der Waals surface area contributed by atoms with Gasteiger partial charge in [-0.1, -0.05) is 36.2 Å². The number of rotatable bonds is 6. The molecule has 2 N–H and O–H groups in total. The van der Waals surface area contributed by atoms with Crippen LogP contribution in [0.5, 0.6) is 0 Å². The Kier molecular flexibility index (Phi) is 5.16. The molecule has 0 aliphatic carbocycles. The molecule has 0 unspecified atom stereocenters. The first-order valence-corrected chi connectivity index (χ1v) is 8.44. The molecule has 0 aliphatic heterocycles. The summed E-state index contributed by atoms with van der Waals surface area (Å²) in [6.45, 7) is 3.17. The fraction of sp³-hybridized carbons (Fsp3) is 0.231. The minimum Gasteiger partial charge on any atom is -0.446 e. The summed E-state index contributed by atoms with van der Waals surface area (Å²) in [7, 11) is -3.84. The molecule has 1 aromatic carbocycles. The number of nitrogens with one attached hydrogen (secondary N) is 2. The number of hydrogen-bond acceptors (Lipinski definition) is 4. The maximum atomic E-state index is 12.2. The van der Waals surface area contributed by atoms with Crippen LogP contribution < -0.4 is 10.0 Å². The smallest absolute Gasteiger partial charge is 0.295 e. The van der Waals surface area contributed by atoms with Crippen molar-refractivity contribution in [3.05, 3.63) is 46.1 Å². The fourth-order valence-electron chi connectivity index (χ4n) is 1.62. The van der Waals surface area contributed by atoms with Gasteiger partial charge in [0.05, 0.1) is 22.3 Å². The van der Waals surface area contributed by atoms with E-state index in [2.05, 4.69) is 10.0 Å². The van der Waals surface area contributed by atoms with Gasteiger partial charge in [0.1, 0.15) is 5.76 Å². The van der Waals surface area contributed by atoms with Crippen LogP contribution in [0.15, 0.2) is 39.8 Å². The summed E-state index contributed by atoms with van der Waals surface area (Å²) >= 11 is 11.8. The Labute approximate surface area is 133 Å². The fourth-order valence-corrected chi connectivity index (χ4v) is 3.05. The first-order chi connectivity index (χ1) is 9.94. The molecule has 0 amide bonds. The molecule has 1 aromatic heterocycles. The molecule has 2 aromatic rings. The highest BCUT2D eigenvalue weighted by atomic mass is 35.5. The highest BCUT2D eigenvalue weighted by molar-refractivity contribution is 7.92. The second-order valence-electron chi connectivity index (χ2n) is 4.21. The van der Waals surface area contributed by atoms with E-state index in [0.717, 1.165) is 6.54 Å². The third-order valence-electron chi connectivity index (χ3n) is 2.65. The lowest BCUT2D eigenvalue weighted by Crippen LogP contribution is -2.13. The van der Waals surface area contributed by atoms with Crippen LogP contribution in [-0.4, -0.2) is 15.0 Å². The number of hydrogen-bond donors (Lipinski definition) is 2. The van der Waals surface area contributed by atoms with E-state index in [1.807, 2.05) is 6.92 Å². The van der Waals surface area contributed by atoms with Crippen molar-refractivity contribution in [2.75, 3.05) is 11.3 Å². The number of benzene rings is 1. The second-order valence-corrected chi connectivity index (χ2v) is 6.61. The molecule has 1 heterocycles. The van der Waals surface area contributed by atoms with Gasteiger partial charge in [-0.15, -0.1) is 0 Å². The van der Waals surface area contributed by atoms with Crippen LogP contribution >= 0.6 is 23.2 Å². The van der Waals surface area contributed by atoms with Crippen LogP contribution in [0.2, 0.25) is 10.0 Å². The predicted octanol–water partition coefficient (Wildman–Crippen LogP) is 3.50. The average Bonchev–Trinajstić information content (AvgIpc) is 2.91. The quantitative estimate of drug-likeness (QED) is 0.837. The summed E-state index contributed by atoms with van der Waals surface area (Å²) in [4.78, 5) is 0. The standard InChI is InChI=1S/C13H14Cl2N2O3S/c1-2-16-8-9-6-7-12(20-9)21(18,19)17-11-5-3-4-10(14)13(11)15/h3-7,16-17H,2,8H2,1H3. The van der Waals surface area contributed by atoms with Crippen molar-refractivity contribution >= 4 is 38.9 Å². The zero-order chi connectivity index (χ0) is 15.5. The van der Waals surface area contributed by atoms with Crippen molar-refractivity contribution in [2.24, 2.45) is 0 Å². The molecule has 0 aliphatic rings. The van der Waals surface area contributed by atoms with Crippen LogP contribution in [0, 0.1) is 0 Å². The van der Waals surface area contributed by atoms with E-state index in [1.54, 1.807) is 18.2 Å². The number of furan rings is 1. The van der Waals surface area contributed by atoms with Crippen molar-refractivity contribution in [2.45, 2.75) is 18.6 Å². The van der Waals surface area contributed by atoms with Gasteiger partial charge >= 0.3 is 0 Å². The molecular weight excluding hydrogens is 335 g/mol. The highest BCUT2D eigenvalue weighted by Gasteiger charge is 2.20. The van der Waals surface area contributed by atoms with Crippen molar-refractivity contribution in [1.29, 1.82) is 0 Å². The summed E-state index contributed by atoms with van der Waals surface area (Å²) in [5, 5.41) is 3.28. The lowest BCUT2D eigenvalue weighted by molar-refractivity contribution is 0.405. The Hall–Kier alpha value is -1.21. The Balaban J connectivity index is 2.22. The monoisotopic (exact) mass is 348 g/mol. The van der Waals surface area contributed by atoms with Gasteiger partial charge in [-0.3, -0.25) is 4.72 Å². The van der Waals surface area contributed by atoms with E-state index in [0.29, 0.717) is 12.3 Å². The Morgan fingerprint density at radius 2 is 1.95 bits per heavy atom. The topological polar surface area (TPSA) is 71.3 Å². The van der Waals surface area contributed by atoms with E-state index in [9.17, 15) is 8.42 Å². The molecule has 0 spiro atoms. The van der Waals surface area contributed by atoms with E-state index in [-0.39, 0.29) is 20.8 Å². The van der Waals surface area contributed by atoms with Gasteiger partial charge < -0.3 is 9.73 Å². The molecule has 8 heteroatoms. The highest BCUT2D eigenvalue weighted by Crippen LogP contribution is 2.31. The summed E-state index contributed by atoms with van der Waals surface area (Å²) in [6, 6.07) is 7.70. The molecular formula is C13H14Cl2N2O3S. The van der Waals surface area contributed by atoms with Gasteiger partial charge in [-0.25, -0.2) is 0 Å². The molecule has 2 rings (SSSR count). The van der Waals surface area contributed by atoms with Crippen molar-refractivity contribution < 1.29 is 12.8 Å². The molecule has 0 saturated heterocycles. The molecule has 0 atom stereocenters. The SMILES string of the molecule is CCNCc1ccc(S(=O)(=O)Nc2cccc(Cl)c2Cl)o1. The summed E-state index contributed by atoms with van der Waals surface area (Å²) in [5.74, 6) is 0.536. The average molecular weight is 349 g/mol. The minimum atomic E-state index is -3.84. The predicted molar refractivity (Wildman–Crippen MR) is 83.4 cm³/mol. The Morgan fingerprint density at radius 1 is 1.19 bits per heavy atom. The zero-order valence-electron chi connectivity index (χ0n) is 11.2. The molecule has 0 bridgehead atoms. The van der Waals surface area contributed by atoms with Gasteiger partial charge in [0.15, 0.2) is 0 Å². The summed E-state index contributed by atoms with van der Waals surface area (Å²) in [6.07, 6.45) is 0. The van der Waals surface area contributed by atoms with E-state index < -0.39 is 10.0 Å². The van der Waals surface area contributed by atoms with E-state index >= 15 is 0 Å². The maximum absolute atomic E-state index is 12.2. The lowest BCUT2D eigenvalue weighted by atomic mass is 10.3. The van der Waals surface area contributed by atoms with Crippen molar-refractivity contribution in [3.63, 3.8) is 0 Å². The van der Waals surface area contributed by atoms with Gasteiger partial charge in [0.25, 0.3) is 10.0 Å². The molecule has 0 fully saturated rings. The third-order valence-corrected chi connectivity index (χ3v) is 4.70. The molecule has 114 valence electrons. The maximum Gasteiger partial charge on any atom is 0.295 e. The first-order valence-electron chi connectivity index (χ1n) is 6.20. The van der Waals surface area contributed by atoms with Gasteiger partial charge in [0, 0.05) is 0 Å². The van der Waals surface area contributed by atoms with Gasteiger partial charge in [0.2, 0.25) is 5.09 Å². The Bertz CT molecular complexity index is 729. The van der Waals surface area contributed by atoms with Crippen molar-refractivity contribution in [1.82, 2.24) is 5.32 Å². The van der Waals surface area contributed by atoms with Crippen molar-refractivity contribution in [3.8, 4) is 0 Å². The molecule has 21 heavy (non-hydrogen) atoms. The van der Waals surface area contributed by atoms with E-state index in [1.165, 1.54) is 12.1 Å². The summed E-state index contributed by atoms with van der Waals surface area (Å²) < 4.78 is 32.1. The first kappa shape index (κ1) is 16.2. The molecule has 0 saturated carbocycles.